The lowest BCUT2D eigenvalue weighted by molar-refractivity contribution is -0.145. The number of thiazole rings is 1. The standard InChI is InChI=1S/C20H15ClFNO3S/c21-15-5-1-14(2-6-15)20-23-17(12-27-20)11-26-19(25)10-9-18(24)13-3-7-16(22)8-4-13/h1-8,12H,9-11H2. The molecule has 7 heteroatoms. The first-order chi connectivity index (χ1) is 13.0. The van der Waals surface area contributed by atoms with E-state index in [1.165, 1.54) is 35.6 Å². The zero-order chi connectivity index (χ0) is 19.2. The predicted octanol–water partition coefficient (Wildman–Crippen LogP) is 5.31. The van der Waals surface area contributed by atoms with Gasteiger partial charge in [0, 0.05) is 28.0 Å². The fourth-order valence-electron chi connectivity index (χ4n) is 2.32. The molecule has 0 radical (unpaired) electrons. The molecule has 27 heavy (non-hydrogen) atoms. The molecular weight excluding hydrogens is 389 g/mol. The first-order valence-corrected chi connectivity index (χ1v) is 9.42. The van der Waals surface area contributed by atoms with Gasteiger partial charge in [0.15, 0.2) is 5.78 Å². The topological polar surface area (TPSA) is 56.3 Å². The van der Waals surface area contributed by atoms with Crippen LogP contribution in [-0.4, -0.2) is 16.7 Å². The SMILES string of the molecule is O=C(CCC(=O)c1ccc(F)cc1)OCc1csc(-c2ccc(Cl)cc2)n1. The van der Waals surface area contributed by atoms with E-state index in [2.05, 4.69) is 4.98 Å². The number of Topliss-reactive ketones (excluding diaryl/α,β-unsaturated/α-hetero) is 1. The van der Waals surface area contributed by atoms with E-state index in [0.29, 0.717) is 16.3 Å². The van der Waals surface area contributed by atoms with Crippen LogP contribution >= 0.6 is 22.9 Å². The largest absolute Gasteiger partial charge is 0.459 e. The van der Waals surface area contributed by atoms with E-state index in [9.17, 15) is 14.0 Å². The molecule has 0 spiro atoms. The minimum atomic E-state index is -0.480. The summed E-state index contributed by atoms with van der Waals surface area (Å²) in [6.45, 7) is 0.0493. The van der Waals surface area contributed by atoms with Crippen molar-refractivity contribution in [3.8, 4) is 10.6 Å². The Balaban J connectivity index is 1.47. The third-order valence-corrected chi connectivity index (χ3v) is 4.94. The number of esters is 1. The monoisotopic (exact) mass is 403 g/mol. The third kappa shape index (κ3) is 5.45. The molecule has 4 nitrogen and oxygen atoms in total. The summed E-state index contributed by atoms with van der Waals surface area (Å²) >= 11 is 7.32. The molecule has 3 aromatic rings. The molecule has 0 aliphatic carbocycles. The second-order valence-corrected chi connectivity index (χ2v) is 7.04. The summed E-state index contributed by atoms with van der Waals surface area (Å²) in [5.74, 6) is -1.12. The lowest BCUT2D eigenvalue weighted by atomic mass is 10.1. The van der Waals surface area contributed by atoms with Gasteiger partial charge in [0.1, 0.15) is 17.4 Å². The average molecular weight is 404 g/mol. The number of rotatable bonds is 7. The van der Waals surface area contributed by atoms with Crippen molar-refractivity contribution in [3.63, 3.8) is 0 Å². The highest BCUT2D eigenvalue weighted by atomic mass is 35.5. The zero-order valence-electron chi connectivity index (χ0n) is 14.2. The maximum atomic E-state index is 12.9. The van der Waals surface area contributed by atoms with Crippen molar-refractivity contribution in [1.29, 1.82) is 0 Å². The maximum absolute atomic E-state index is 12.9. The summed E-state index contributed by atoms with van der Waals surface area (Å²) in [6, 6.07) is 12.5. The normalized spacial score (nSPS) is 10.6. The molecule has 0 saturated heterocycles. The van der Waals surface area contributed by atoms with Crippen molar-refractivity contribution in [2.75, 3.05) is 0 Å². The number of nitrogens with zero attached hydrogens (tertiary/aromatic N) is 1. The van der Waals surface area contributed by atoms with Crippen LogP contribution in [0, 0.1) is 5.82 Å². The molecule has 2 aromatic carbocycles. The highest BCUT2D eigenvalue weighted by Crippen LogP contribution is 2.25. The zero-order valence-corrected chi connectivity index (χ0v) is 15.7. The van der Waals surface area contributed by atoms with Gasteiger partial charge in [-0.25, -0.2) is 9.37 Å². The molecular formula is C20H15ClFNO3S. The van der Waals surface area contributed by atoms with Gasteiger partial charge in [-0.15, -0.1) is 11.3 Å². The second-order valence-electron chi connectivity index (χ2n) is 5.74. The molecule has 3 rings (SSSR count). The van der Waals surface area contributed by atoms with Crippen LogP contribution in [0.25, 0.3) is 10.6 Å². The smallest absolute Gasteiger partial charge is 0.306 e. The number of carbonyl (C=O) groups excluding carboxylic acids is 2. The summed E-state index contributed by atoms with van der Waals surface area (Å²) < 4.78 is 18.0. The first-order valence-electron chi connectivity index (χ1n) is 8.16. The van der Waals surface area contributed by atoms with Crippen LogP contribution in [0.1, 0.15) is 28.9 Å². The number of ketones is 1. The highest BCUT2D eigenvalue weighted by molar-refractivity contribution is 7.13. The molecule has 138 valence electrons. The summed E-state index contributed by atoms with van der Waals surface area (Å²) in [4.78, 5) is 28.2. The van der Waals surface area contributed by atoms with Gasteiger partial charge < -0.3 is 4.74 Å². The van der Waals surface area contributed by atoms with Crippen molar-refractivity contribution in [1.82, 2.24) is 4.98 Å². The quantitative estimate of drug-likeness (QED) is 0.396. The maximum Gasteiger partial charge on any atom is 0.306 e. The Morgan fingerprint density at radius 3 is 2.44 bits per heavy atom. The van der Waals surface area contributed by atoms with E-state index in [0.717, 1.165) is 10.6 Å². The average Bonchev–Trinajstić information content (AvgIpc) is 3.14. The summed E-state index contributed by atoms with van der Waals surface area (Å²) in [6.07, 6.45) is -0.0258. The number of halogens is 2. The van der Waals surface area contributed by atoms with Gasteiger partial charge in [0.05, 0.1) is 12.1 Å². The number of aromatic nitrogens is 1. The van der Waals surface area contributed by atoms with Crippen molar-refractivity contribution in [3.05, 3.63) is 76.0 Å². The highest BCUT2D eigenvalue weighted by Gasteiger charge is 2.12. The summed E-state index contributed by atoms with van der Waals surface area (Å²) in [5.41, 5.74) is 1.95. The summed E-state index contributed by atoms with van der Waals surface area (Å²) in [5, 5.41) is 3.28. The Morgan fingerprint density at radius 2 is 1.74 bits per heavy atom. The Morgan fingerprint density at radius 1 is 1.04 bits per heavy atom. The van der Waals surface area contributed by atoms with Gasteiger partial charge in [-0.05, 0) is 36.4 Å². The molecule has 1 heterocycles. The third-order valence-electron chi connectivity index (χ3n) is 3.75. The second kappa shape index (κ2) is 8.88. The fourth-order valence-corrected chi connectivity index (χ4v) is 3.26. The number of hydrogen-bond acceptors (Lipinski definition) is 5. The molecule has 1 aromatic heterocycles. The Labute approximate surface area is 164 Å². The van der Waals surface area contributed by atoms with E-state index in [1.54, 1.807) is 12.1 Å². The molecule has 0 fully saturated rings. The molecule has 0 atom stereocenters. The molecule has 0 aliphatic rings. The Kier molecular flexibility index (Phi) is 6.32. The van der Waals surface area contributed by atoms with Crippen LogP contribution in [0.5, 0.6) is 0 Å². The van der Waals surface area contributed by atoms with Crippen molar-refractivity contribution >= 4 is 34.7 Å². The molecule has 0 bridgehead atoms. The minimum absolute atomic E-state index is 0.0115. The number of hydrogen-bond donors (Lipinski definition) is 0. The number of carbonyl (C=O) groups is 2. The van der Waals surface area contributed by atoms with Gasteiger partial charge in [-0.1, -0.05) is 23.7 Å². The molecule has 0 aliphatic heterocycles. The van der Waals surface area contributed by atoms with E-state index in [-0.39, 0.29) is 25.2 Å². The van der Waals surface area contributed by atoms with E-state index < -0.39 is 11.8 Å². The van der Waals surface area contributed by atoms with Crippen LogP contribution < -0.4 is 0 Å². The van der Waals surface area contributed by atoms with Gasteiger partial charge in [0.25, 0.3) is 0 Å². The van der Waals surface area contributed by atoms with Gasteiger partial charge in [-0.3, -0.25) is 9.59 Å². The lowest BCUT2D eigenvalue weighted by Gasteiger charge is -2.03. The van der Waals surface area contributed by atoms with Crippen LogP contribution in [-0.2, 0) is 16.1 Å². The van der Waals surface area contributed by atoms with Crippen LogP contribution in [0.15, 0.2) is 53.9 Å². The first kappa shape index (κ1) is 19.2. The minimum Gasteiger partial charge on any atom is -0.459 e. The predicted molar refractivity (Wildman–Crippen MR) is 102 cm³/mol. The van der Waals surface area contributed by atoms with Gasteiger partial charge >= 0.3 is 5.97 Å². The van der Waals surface area contributed by atoms with Crippen LogP contribution in [0.2, 0.25) is 5.02 Å². The molecule has 0 amide bonds. The van der Waals surface area contributed by atoms with Crippen molar-refractivity contribution < 1.29 is 18.7 Å². The molecule has 0 N–H and O–H groups in total. The summed E-state index contributed by atoms with van der Waals surface area (Å²) in [7, 11) is 0. The van der Waals surface area contributed by atoms with Gasteiger partial charge in [0.2, 0.25) is 0 Å². The fraction of sp³-hybridized carbons (Fsp3) is 0.150. The number of ether oxygens (including phenoxy) is 1. The van der Waals surface area contributed by atoms with Crippen molar-refractivity contribution in [2.24, 2.45) is 0 Å². The molecule has 0 saturated carbocycles. The van der Waals surface area contributed by atoms with E-state index >= 15 is 0 Å². The van der Waals surface area contributed by atoms with Gasteiger partial charge in [-0.2, -0.15) is 0 Å². The van der Waals surface area contributed by atoms with E-state index in [1.807, 2.05) is 17.5 Å². The number of benzene rings is 2. The van der Waals surface area contributed by atoms with Crippen molar-refractivity contribution in [2.45, 2.75) is 19.4 Å². The Hall–Kier alpha value is -2.57. The lowest BCUT2D eigenvalue weighted by Crippen LogP contribution is -2.08. The Bertz CT molecular complexity index is 939. The molecule has 0 unspecified atom stereocenters. The van der Waals surface area contributed by atoms with E-state index in [4.69, 9.17) is 16.3 Å². The van der Waals surface area contributed by atoms with Crippen LogP contribution in [0.3, 0.4) is 0 Å². The van der Waals surface area contributed by atoms with Crippen LogP contribution in [0.4, 0.5) is 4.39 Å².